The van der Waals surface area contributed by atoms with E-state index in [0.29, 0.717) is 17.4 Å². The third-order valence-corrected chi connectivity index (χ3v) is 4.51. The summed E-state index contributed by atoms with van der Waals surface area (Å²) in [5, 5.41) is 0.638. The SMILES string of the molecule is Clc1ccccc1OCC1(c2ccccc2)CCCCCO1. The first-order valence-electron chi connectivity index (χ1n) is 7.87. The highest BCUT2D eigenvalue weighted by Gasteiger charge is 2.35. The van der Waals surface area contributed by atoms with Gasteiger partial charge in [0.2, 0.25) is 0 Å². The Kier molecular flexibility index (Phi) is 5.01. The predicted octanol–water partition coefficient (Wildman–Crippen LogP) is 5.20. The molecule has 0 spiro atoms. The fraction of sp³-hybridized carbons (Fsp3) is 0.368. The number of halogens is 1. The summed E-state index contributed by atoms with van der Waals surface area (Å²) in [7, 11) is 0. The van der Waals surface area contributed by atoms with E-state index in [9.17, 15) is 0 Å². The van der Waals surface area contributed by atoms with Crippen molar-refractivity contribution in [3.8, 4) is 5.75 Å². The summed E-state index contributed by atoms with van der Waals surface area (Å²) >= 11 is 6.20. The van der Waals surface area contributed by atoms with Crippen molar-refractivity contribution in [3.63, 3.8) is 0 Å². The molecule has 0 bridgehead atoms. The van der Waals surface area contributed by atoms with Crippen LogP contribution < -0.4 is 4.74 Å². The third-order valence-electron chi connectivity index (χ3n) is 4.20. The highest BCUT2D eigenvalue weighted by molar-refractivity contribution is 6.32. The summed E-state index contributed by atoms with van der Waals surface area (Å²) in [6.45, 7) is 1.27. The molecule has 1 fully saturated rings. The van der Waals surface area contributed by atoms with E-state index in [1.807, 2.05) is 30.3 Å². The number of ether oxygens (including phenoxy) is 2. The standard InChI is InChI=1S/C19H21ClO2/c20-17-11-5-6-12-18(17)21-15-19(13-7-2-8-14-22-19)16-9-3-1-4-10-16/h1,3-6,9-12H,2,7-8,13-15H2. The minimum atomic E-state index is -0.378. The van der Waals surface area contributed by atoms with Gasteiger partial charge in [0.05, 0.1) is 5.02 Å². The summed E-state index contributed by atoms with van der Waals surface area (Å²) in [5.74, 6) is 0.715. The second kappa shape index (κ2) is 7.17. The van der Waals surface area contributed by atoms with Gasteiger partial charge in [0.15, 0.2) is 0 Å². The first kappa shape index (κ1) is 15.4. The molecule has 2 aromatic carbocycles. The normalized spacial score (nSPS) is 22.0. The van der Waals surface area contributed by atoms with E-state index in [1.54, 1.807) is 0 Å². The van der Waals surface area contributed by atoms with Crippen LogP contribution in [0.2, 0.25) is 5.02 Å². The van der Waals surface area contributed by atoms with Gasteiger partial charge in [-0.2, -0.15) is 0 Å². The minimum Gasteiger partial charge on any atom is -0.489 e. The number of rotatable bonds is 4. The van der Waals surface area contributed by atoms with Crippen LogP contribution in [0.1, 0.15) is 31.2 Å². The summed E-state index contributed by atoms with van der Waals surface area (Å²) in [6, 6.07) is 18.0. The molecule has 0 amide bonds. The zero-order valence-corrected chi connectivity index (χ0v) is 13.4. The molecule has 3 rings (SSSR count). The molecule has 1 saturated heterocycles. The van der Waals surface area contributed by atoms with Gasteiger partial charge in [-0.3, -0.25) is 0 Å². The number of benzene rings is 2. The molecule has 1 aliphatic rings. The summed E-state index contributed by atoms with van der Waals surface area (Å²) in [4.78, 5) is 0. The van der Waals surface area contributed by atoms with Gasteiger partial charge < -0.3 is 9.47 Å². The van der Waals surface area contributed by atoms with Crippen molar-refractivity contribution in [1.29, 1.82) is 0 Å². The average Bonchev–Trinajstić information content (AvgIpc) is 2.82. The van der Waals surface area contributed by atoms with Crippen LogP contribution >= 0.6 is 11.6 Å². The topological polar surface area (TPSA) is 18.5 Å². The molecule has 116 valence electrons. The predicted molar refractivity (Wildman–Crippen MR) is 89.5 cm³/mol. The van der Waals surface area contributed by atoms with E-state index >= 15 is 0 Å². The van der Waals surface area contributed by atoms with Crippen LogP contribution in [-0.4, -0.2) is 13.2 Å². The van der Waals surface area contributed by atoms with Crippen molar-refractivity contribution in [3.05, 3.63) is 65.2 Å². The highest BCUT2D eigenvalue weighted by Crippen LogP contribution is 2.36. The molecule has 3 heteroatoms. The zero-order valence-electron chi connectivity index (χ0n) is 12.6. The lowest BCUT2D eigenvalue weighted by atomic mass is 9.89. The Bertz CT molecular complexity index is 589. The summed E-state index contributed by atoms with van der Waals surface area (Å²) in [5.41, 5.74) is 0.806. The van der Waals surface area contributed by atoms with Crippen LogP contribution in [0.3, 0.4) is 0 Å². The highest BCUT2D eigenvalue weighted by atomic mass is 35.5. The molecule has 1 heterocycles. The molecule has 0 aromatic heterocycles. The molecule has 2 nitrogen and oxygen atoms in total. The minimum absolute atomic E-state index is 0.378. The van der Waals surface area contributed by atoms with E-state index in [4.69, 9.17) is 21.1 Å². The number of para-hydroxylation sites is 1. The van der Waals surface area contributed by atoms with E-state index in [0.717, 1.165) is 25.9 Å². The Hall–Kier alpha value is -1.51. The molecule has 0 saturated carbocycles. The molecule has 1 aliphatic heterocycles. The fourth-order valence-corrected chi connectivity index (χ4v) is 3.14. The van der Waals surface area contributed by atoms with Crippen molar-refractivity contribution >= 4 is 11.6 Å². The van der Waals surface area contributed by atoms with Gasteiger partial charge in [-0.1, -0.05) is 66.9 Å². The Morgan fingerprint density at radius 1 is 0.955 bits per heavy atom. The van der Waals surface area contributed by atoms with Gasteiger partial charge in [-0.15, -0.1) is 0 Å². The molecule has 1 atom stereocenters. The van der Waals surface area contributed by atoms with Crippen molar-refractivity contribution in [1.82, 2.24) is 0 Å². The first-order chi connectivity index (χ1) is 10.8. The largest absolute Gasteiger partial charge is 0.489 e. The van der Waals surface area contributed by atoms with E-state index in [2.05, 4.69) is 24.3 Å². The lowest BCUT2D eigenvalue weighted by Crippen LogP contribution is -2.36. The quantitative estimate of drug-likeness (QED) is 0.771. The summed E-state index contributed by atoms with van der Waals surface area (Å²) in [6.07, 6.45) is 4.45. The second-order valence-electron chi connectivity index (χ2n) is 5.74. The lowest BCUT2D eigenvalue weighted by molar-refractivity contribution is -0.0765. The van der Waals surface area contributed by atoms with Gasteiger partial charge in [-0.25, -0.2) is 0 Å². The average molecular weight is 317 g/mol. The Balaban J connectivity index is 1.84. The molecule has 0 N–H and O–H groups in total. The van der Waals surface area contributed by atoms with Crippen molar-refractivity contribution < 1.29 is 9.47 Å². The van der Waals surface area contributed by atoms with E-state index in [-0.39, 0.29) is 5.60 Å². The van der Waals surface area contributed by atoms with E-state index < -0.39 is 0 Å². The molecule has 0 aliphatic carbocycles. The monoisotopic (exact) mass is 316 g/mol. The first-order valence-corrected chi connectivity index (χ1v) is 8.25. The van der Waals surface area contributed by atoms with Crippen LogP contribution in [0.15, 0.2) is 54.6 Å². The molecule has 22 heavy (non-hydrogen) atoms. The maximum Gasteiger partial charge on any atom is 0.138 e. The van der Waals surface area contributed by atoms with Crippen molar-refractivity contribution in [2.75, 3.05) is 13.2 Å². The van der Waals surface area contributed by atoms with Gasteiger partial charge >= 0.3 is 0 Å². The molecule has 1 unspecified atom stereocenters. The van der Waals surface area contributed by atoms with Crippen molar-refractivity contribution in [2.24, 2.45) is 0 Å². The van der Waals surface area contributed by atoms with Crippen LogP contribution in [0, 0.1) is 0 Å². The van der Waals surface area contributed by atoms with Gasteiger partial charge in [0.1, 0.15) is 18.0 Å². The van der Waals surface area contributed by atoms with Crippen molar-refractivity contribution in [2.45, 2.75) is 31.3 Å². The molecule has 2 aromatic rings. The van der Waals surface area contributed by atoms with Crippen LogP contribution in [0.4, 0.5) is 0 Å². The molecular weight excluding hydrogens is 296 g/mol. The molecular formula is C19H21ClO2. The molecule has 0 radical (unpaired) electrons. The number of hydrogen-bond acceptors (Lipinski definition) is 2. The maximum absolute atomic E-state index is 6.27. The van der Waals surface area contributed by atoms with Gasteiger partial charge in [0.25, 0.3) is 0 Å². The summed E-state index contributed by atoms with van der Waals surface area (Å²) < 4.78 is 12.3. The smallest absolute Gasteiger partial charge is 0.138 e. The zero-order chi connectivity index (χ0) is 15.3. The van der Waals surface area contributed by atoms with Crippen LogP contribution in [0.5, 0.6) is 5.75 Å². The van der Waals surface area contributed by atoms with Gasteiger partial charge in [-0.05, 0) is 30.5 Å². The van der Waals surface area contributed by atoms with Gasteiger partial charge in [0, 0.05) is 6.61 Å². The van der Waals surface area contributed by atoms with Crippen LogP contribution in [0.25, 0.3) is 0 Å². The second-order valence-corrected chi connectivity index (χ2v) is 6.15. The lowest BCUT2D eigenvalue weighted by Gasteiger charge is -2.33. The maximum atomic E-state index is 6.27. The Morgan fingerprint density at radius 2 is 1.73 bits per heavy atom. The Labute approximate surface area is 137 Å². The van der Waals surface area contributed by atoms with E-state index in [1.165, 1.54) is 12.0 Å². The Morgan fingerprint density at radius 3 is 2.55 bits per heavy atom. The fourth-order valence-electron chi connectivity index (χ4n) is 2.95. The third kappa shape index (κ3) is 3.45. The van der Waals surface area contributed by atoms with Crippen LogP contribution in [-0.2, 0) is 10.3 Å². The number of hydrogen-bond donors (Lipinski definition) is 0.